The van der Waals surface area contributed by atoms with Crippen LogP contribution >= 0.6 is 11.8 Å². The minimum absolute atomic E-state index is 0.229. The van der Waals surface area contributed by atoms with Crippen LogP contribution in [-0.4, -0.2) is 9.97 Å². The van der Waals surface area contributed by atoms with E-state index in [2.05, 4.69) is 9.97 Å². The highest BCUT2D eigenvalue weighted by molar-refractivity contribution is 7.98. The molecule has 0 radical (unpaired) electrons. The van der Waals surface area contributed by atoms with E-state index < -0.39 is 0 Å². The van der Waals surface area contributed by atoms with Gasteiger partial charge in [-0.1, -0.05) is 17.8 Å². The lowest BCUT2D eigenvalue weighted by Crippen LogP contribution is -2.01. The number of hydrogen-bond donors (Lipinski definition) is 2. The zero-order valence-corrected chi connectivity index (χ0v) is 9.43. The van der Waals surface area contributed by atoms with Crippen molar-refractivity contribution in [2.24, 2.45) is 5.73 Å². The Morgan fingerprint density at radius 2 is 2.25 bits per heavy atom. The Labute approximate surface area is 97.3 Å². The molecule has 0 amide bonds. The van der Waals surface area contributed by atoms with E-state index >= 15 is 0 Å². The highest BCUT2D eigenvalue weighted by Crippen LogP contribution is 2.22. The lowest BCUT2D eigenvalue weighted by Gasteiger charge is -2.06. The molecule has 0 spiro atoms. The average Bonchev–Trinajstić information content (AvgIpc) is 2.79. The molecule has 0 atom stereocenters. The van der Waals surface area contributed by atoms with Gasteiger partial charge in [-0.05, 0) is 23.3 Å². The maximum Gasteiger partial charge on any atom is 0.165 e. The van der Waals surface area contributed by atoms with Crippen molar-refractivity contribution in [1.82, 2.24) is 9.97 Å². The summed E-state index contributed by atoms with van der Waals surface area (Å²) in [5.74, 6) is 0.435. The second kappa shape index (κ2) is 5.14. The summed E-state index contributed by atoms with van der Waals surface area (Å²) in [5, 5.41) is 0.826. The zero-order valence-electron chi connectivity index (χ0n) is 8.61. The van der Waals surface area contributed by atoms with Crippen molar-refractivity contribution < 1.29 is 4.39 Å². The number of rotatable bonds is 4. The third-order valence-corrected chi connectivity index (χ3v) is 3.18. The predicted molar refractivity (Wildman–Crippen MR) is 62.4 cm³/mol. The molecule has 0 fully saturated rings. The van der Waals surface area contributed by atoms with Crippen molar-refractivity contribution in [3.63, 3.8) is 0 Å². The molecule has 3 nitrogen and oxygen atoms in total. The summed E-state index contributed by atoms with van der Waals surface area (Å²) >= 11 is 1.53. The van der Waals surface area contributed by atoms with Gasteiger partial charge in [-0.3, -0.25) is 0 Å². The summed E-state index contributed by atoms with van der Waals surface area (Å²) in [6, 6.07) is 4.69. The number of halogens is 1. The van der Waals surface area contributed by atoms with E-state index in [4.69, 9.17) is 5.73 Å². The number of imidazole rings is 1. The second-order valence-electron chi connectivity index (χ2n) is 3.30. The highest BCUT2D eigenvalue weighted by Gasteiger charge is 2.04. The number of hydrogen-bond acceptors (Lipinski definition) is 3. The summed E-state index contributed by atoms with van der Waals surface area (Å²) in [7, 11) is 0. The molecule has 0 aliphatic heterocycles. The van der Waals surface area contributed by atoms with Crippen LogP contribution in [-0.2, 0) is 12.3 Å². The lowest BCUT2D eigenvalue weighted by atomic mass is 10.1. The normalized spacial score (nSPS) is 10.6. The summed E-state index contributed by atoms with van der Waals surface area (Å²) in [6.07, 6.45) is 3.45. The minimum atomic E-state index is -0.229. The quantitative estimate of drug-likeness (QED) is 0.802. The fourth-order valence-corrected chi connectivity index (χ4v) is 2.25. The topological polar surface area (TPSA) is 54.7 Å². The Kier molecular flexibility index (Phi) is 3.58. The van der Waals surface area contributed by atoms with Gasteiger partial charge in [-0.15, -0.1) is 0 Å². The van der Waals surface area contributed by atoms with Crippen LogP contribution in [0, 0.1) is 5.82 Å². The van der Waals surface area contributed by atoms with Gasteiger partial charge in [0.2, 0.25) is 0 Å². The maximum atomic E-state index is 13.1. The first-order chi connectivity index (χ1) is 7.79. The molecular formula is C11H12FN3S. The first-order valence-electron chi connectivity index (χ1n) is 4.89. The average molecular weight is 237 g/mol. The molecule has 2 aromatic rings. The second-order valence-corrected chi connectivity index (χ2v) is 4.26. The molecule has 0 unspecified atom stereocenters. The Morgan fingerprint density at radius 1 is 1.38 bits per heavy atom. The summed E-state index contributed by atoms with van der Waals surface area (Å²) < 4.78 is 13.1. The molecule has 0 bridgehead atoms. The number of benzene rings is 1. The zero-order chi connectivity index (χ0) is 11.4. The lowest BCUT2D eigenvalue weighted by molar-refractivity contribution is 0.625. The number of nitrogens with zero attached hydrogens (tertiary/aromatic N) is 1. The van der Waals surface area contributed by atoms with Crippen LogP contribution < -0.4 is 5.73 Å². The predicted octanol–water partition coefficient (Wildman–Crippen LogP) is 2.30. The van der Waals surface area contributed by atoms with Crippen molar-refractivity contribution in [3.05, 3.63) is 47.5 Å². The van der Waals surface area contributed by atoms with Crippen molar-refractivity contribution in [1.29, 1.82) is 0 Å². The van der Waals surface area contributed by atoms with E-state index in [1.165, 1.54) is 23.9 Å². The van der Waals surface area contributed by atoms with Gasteiger partial charge in [0.05, 0.1) is 0 Å². The standard InChI is InChI=1S/C11H12FN3S/c12-10-2-1-8(6-13)9(5-10)7-16-11-14-3-4-15-11/h1-5H,6-7,13H2,(H,14,15). The molecule has 84 valence electrons. The third kappa shape index (κ3) is 2.62. The number of nitrogens with two attached hydrogens (primary N) is 1. The van der Waals surface area contributed by atoms with Crippen LogP contribution in [0.15, 0.2) is 35.7 Å². The van der Waals surface area contributed by atoms with E-state index in [1.807, 2.05) is 0 Å². The van der Waals surface area contributed by atoms with Gasteiger partial charge in [0.1, 0.15) is 5.82 Å². The van der Waals surface area contributed by atoms with Crippen LogP contribution in [0.2, 0.25) is 0 Å². The monoisotopic (exact) mass is 237 g/mol. The molecule has 5 heteroatoms. The molecule has 16 heavy (non-hydrogen) atoms. The van der Waals surface area contributed by atoms with Crippen LogP contribution in [0.4, 0.5) is 4.39 Å². The van der Waals surface area contributed by atoms with Crippen molar-refractivity contribution in [2.45, 2.75) is 17.5 Å². The van der Waals surface area contributed by atoms with E-state index in [0.29, 0.717) is 12.3 Å². The van der Waals surface area contributed by atoms with E-state index in [9.17, 15) is 4.39 Å². The molecular weight excluding hydrogens is 225 g/mol. The van der Waals surface area contributed by atoms with Crippen LogP contribution in [0.25, 0.3) is 0 Å². The molecule has 0 saturated heterocycles. The van der Waals surface area contributed by atoms with Gasteiger partial charge in [-0.2, -0.15) is 0 Å². The summed E-state index contributed by atoms with van der Waals surface area (Å²) in [6.45, 7) is 0.425. The fourth-order valence-electron chi connectivity index (χ4n) is 1.40. The van der Waals surface area contributed by atoms with Crippen LogP contribution in [0.5, 0.6) is 0 Å². The molecule has 1 heterocycles. The Morgan fingerprint density at radius 3 is 2.94 bits per heavy atom. The van der Waals surface area contributed by atoms with Gasteiger partial charge in [0.25, 0.3) is 0 Å². The van der Waals surface area contributed by atoms with Crippen molar-refractivity contribution in [3.8, 4) is 0 Å². The first kappa shape index (κ1) is 11.2. The number of thioether (sulfide) groups is 1. The summed E-state index contributed by atoms with van der Waals surface area (Å²) in [4.78, 5) is 7.08. The molecule has 1 aromatic carbocycles. The molecule has 3 N–H and O–H groups in total. The Bertz CT molecular complexity index is 456. The summed E-state index contributed by atoms with van der Waals surface area (Å²) in [5.41, 5.74) is 7.49. The van der Waals surface area contributed by atoms with Gasteiger partial charge >= 0.3 is 0 Å². The minimum Gasteiger partial charge on any atom is -0.340 e. The smallest absolute Gasteiger partial charge is 0.165 e. The number of aromatic nitrogens is 2. The van der Waals surface area contributed by atoms with Crippen LogP contribution in [0.1, 0.15) is 11.1 Å². The van der Waals surface area contributed by atoms with Crippen molar-refractivity contribution in [2.75, 3.05) is 0 Å². The Balaban J connectivity index is 2.11. The van der Waals surface area contributed by atoms with Crippen molar-refractivity contribution >= 4 is 11.8 Å². The SMILES string of the molecule is NCc1ccc(F)cc1CSc1ncc[nH]1. The van der Waals surface area contributed by atoms with Gasteiger partial charge in [0, 0.05) is 24.7 Å². The molecule has 0 aliphatic carbocycles. The van der Waals surface area contributed by atoms with E-state index in [-0.39, 0.29) is 5.82 Å². The van der Waals surface area contributed by atoms with Gasteiger partial charge in [-0.25, -0.2) is 9.37 Å². The van der Waals surface area contributed by atoms with Crippen LogP contribution in [0.3, 0.4) is 0 Å². The maximum absolute atomic E-state index is 13.1. The molecule has 1 aromatic heterocycles. The number of H-pyrrole nitrogens is 1. The third-order valence-electron chi connectivity index (χ3n) is 2.23. The highest BCUT2D eigenvalue weighted by atomic mass is 32.2. The Hall–Kier alpha value is -1.33. The molecule has 2 rings (SSSR count). The van der Waals surface area contributed by atoms with E-state index in [0.717, 1.165) is 16.3 Å². The van der Waals surface area contributed by atoms with Gasteiger partial charge in [0.15, 0.2) is 5.16 Å². The first-order valence-corrected chi connectivity index (χ1v) is 5.87. The number of nitrogens with one attached hydrogen (secondary N) is 1. The molecule has 0 aliphatic rings. The molecule has 0 saturated carbocycles. The largest absolute Gasteiger partial charge is 0.340 e. The van der Waals surface area contributed by atoms with E-state index in [1.54, 1.807) is 18.5 Å². The number of aromatic amines is 1. The van der Waals surface area contributed by atoms with Gasteiger partial charge < -0.3 is 10.7 Å². The fraction of sp³-hybridized carbons (Fsp3) is 0.182.